The minimum atomic E-state index is -0.0557. The van der Waals surface area contributed by atoms with Crippen LogP contribution < -0.4 is 0 Å². The van der Waals surface area contributed by atoms with Gasteiger partial charge in [-0.15, -0.1) is 0 Å². The molecule has 19 heavy (non-hydrogen) atoms. The van der Waals surface area contributed by atoms with E-state index in [0.717, 1.165) is 21.8 Å². The number of hydrogen-bond acceptors (Lipinski definition) is 3. The van der Waals surface area contributed by atoms with Gasteiger partial charge in [-0.25, -0.2) is 4.98 Å². The van der Waals surface area contributed by atoms with Gasteiger partial charge < -0.3 is 0 Å². The molecule has 0 unspecified atom stereocenters. The van der Waals surface area contributed by atoms with Gasteiger partial charge in [0.15, 0.2) is 5.78 Å². The predicted octanol–water partition coefficient (Wildman–Crippen LogP) is 4.03. The van der Waals surface area contributed by atoms with E-state index >= 15 is 0 Å². The minimum absolute atomic E-state index is 0.0557. The van der Waals surface area contributed by atoms with Crippen molar-refractivity contribution in [3.05, 3.63) is 47.2 Å². The Labute approximate surface area is 115 Å². The Morgan fingerprint density at radius 2 is 2.00 bits per heavy atom. The van der Waals surface area contributed by atoms with E-state index < -0.39 is 0 Å². The number of carbonyl (C=O) groups excluding carboxylic acids is 1. The van der Waals surface area contributed by atoms with E-state index in [1.165, 1.54) is 0 Å². The van der Waals surface area contributed by atoms with Gasteiger partial charge in [-0.3, -0.25) is 9.78 Å². The van der Waals surface area contributed by atoms with Crippen molar-refractivity contribution in [1.29, 1.82) is 0 Å². The summed E-state index contributed by atoms with van der Waals surface area (Å²) in [4.78, 5) is 20.6. The monoisotopic (exact) mass is 270 g/mol. The Hall–Kier alpha value is -2.00. The van der Waals surface area contributed by atoms with Gasteiger partial charge in [-0.1, -0.05) is 36.7 Å². The summed E-state index contributed by atoms with van der Waals surface area (Å²) in [6.45, 7) is 1.80. The fourth-order valence-corrected chi connectivity index (χ4v) is 2.38. The molecule has 4 heteroatoms. The highest BCUT2D eigenvalue weighted by molar-refractivity contribution is 6.34. The average molecular weight is 271 g/mol. The van der Waals surface area contributed by atoms with Gasteiger partial charge in [-0.05, 0) is 12.1 Å². The minimum Gasteiger partial charge on any atom is -0.292 e. The van der Waals surface area contributed by atoms with Crippen molar-refractivity contribution in [3.63, 3.8) is 0 Å². The fraction of sp³-hybridized carbons (Fsp3) is 0.133. The largest absolute Gasteiger partial charge is 0.292 e. The summed E-state index contributed by atoms with van der Waals surface area (Å²) in [7, 11) is 0. The van der Waals surface area contributed by atoms with Gasteiger partial charge in [-0.2, -0.15) is 0 Å². The summed E-state index contributed by atoms with van der Waals surface area (Å²) in [5.41, 5.74) is 1.84. The van der Waals surface area contributed by atoms with Crippen molar-refractivity contribution in [2.75, 3.05) is 0 Å². The van der Waals surface area contributed by atoms with Crippen molar-refractivity contribution < 1.29 is 4.79 Å². The van der Waals surface area contributed by atoms with Crippen molar-refractivity contribution in [1.82, 2.24) is 9.97 Å². The molecular formula is C15H11ClN2O. The second-order valence-electron chi connectivity index (χ2n) is 4.31. The van der Waals surface area contributed by atoms with Crippen molar-refractivity contribution >= 4 is 39.2 Å². The van der Waals surface area contributed by atoms with E-state index in [9.17, 15) is 4.79 Å². The predicted molar refractivity (Wildman–Crippen MR) is 76.7 cm³/mol. The number of pyridine rings is 2. The highest BCUT2D eigenvalue weighted by atomic mass is 35.5. The number of fused-ring (bicyclic) bond motifs is 3. The van der Waals surface area contributed by atoms with Crippen LogP contribution in [0, 0.1) is 0 Å². The molecule has 0 atom stereocenters. The maximum atomic E-state index is 11.8. The number of carbonyl (C=O) groups is 1. The number of aromatic nitrogens is 2. The summed E-state index contributed by atoms with van der Waals surface area (Å²) < 4.78 is 0. The van der Waals surface area contributed by atoms with Crippen LogP contribution in [0.5, 0.6) is 0 Å². The van der Waals surface area contributed by atoms with Crippen LogP contribution >= 0.6 is 11.6 Å². The molecule has 0 amide bonds. The van der Waals surface area contributed by atoms with Crippen LogP contribution in [0.4, 0.5) is 0 Å². The van der Waals surface area contributed by atoms with E-state index in [0.29, 0.717) is 17.1 Å². The van der Waals surface area contributed by atoms with Gasteiger partial charge in [0.1, 0.15) is 5.69 Å². The van der Waals surface area contributed by atoms with E-state index in [1.807, 2.05) is 24.3 Å². The third-order valence-electron chi connectivity index (χ3n) is 3.10. The maximum absolute atomic E-state index is 11.8. The molecule has 0 aliphatic carbocycles. The second-order valence-corrected chi connectivity index (χ2v) is 4.72. The molecule has 0 fully saturated rings. The summed E-state index contributed by atoms with van der Waals surface area (Å²) >= 11 is 6.12. The lowest BCUT2D eigenvalue weighted by Crippen LogP contribution is -2.02. The Bertz CT molecular complexity index is 799. The average Bonchev–Trinajstić information content (AvgIpc) is 2.45. The number of benzene rings is 1. The molecule has 94 valence electrons. The molecule has 2 heterocycles. The zero-order chi connectivity index (χ0) is 13.4. The summed E-state index contributed by atoms with van der Waals surface area (Å²) in [6, 6.07) is 9.55. The SMILES string of the molecule is CCC(=O)c1nc2c(ccc3cccnc32)cc1Cl. The zero-order valence-electron chi connectivity index (χ0n) is 10.4. The van der Waals surface area contributed by atoms with Crippen LogP contribution in [-0.4, -0.2) is 15.8 Å². The highest BCUT2D eigenvalue weighted by Gasteiger charge is 2.13. The van der Waals surface area contributed by atoms with Crippen LogP contribution in [0.25, 0.3) is 21.8 Å². The highest BCUT2D eigenvalue weighted by Crippen LogP contribution is 2.26. The molecule has 0 bridgehead atoms. The number of nitrogens with zero attached hydrogens (tertiary/aromatic N) is 2. The molecule has 1 aromatic carbocycles. The number of ketones is 1. The second kappa shape index (κ2) is 4.59. The first-order chi connectivity index (χ1) is 9.20. The van der Waals surface area contributed by atoms with E-state index in [2.05, 4.69) is 9.97 Å². The van der Waals surface area contributed by atoms with Crippen LogP contribution in [0.1, 0.15) is 23.8 Å². The summed E-state index contributed by atoms with van der Waals surface area (Å²) in [6.07, 6.45) is 2.11. The van der Waals surface area contributed by atoms with Crippen molar-refractivity contribution in [3.8, 4) is 0 Å². The van der Waals surface area contributed by atoms with Gasteiger partial charge in [0.2, 0.25) is 0 Å². The first-order valence-electron chi connectivity index (χ1n) is 6.08. The summed E-state index contributed by atoms with van der Waals surface area (Å²) in [5.74, 6) is -0.0557. The third kappa shape index (κ3) is 1.96. The Morgan fingerprint density at radius 1 is 1.21 bits per heavy atom. The fourth-order valence-electron chi connectivity index (χ4n) is 2.11. The van der Waals surface area contributed by atoms with Gasteiger partial charge >= 0.3 is 0 Å². The summed E-state index contributed by atoms with van der Waals surface area (Å²) in [5, 5.41) is 2.29. The van der Waals surface area contributed by atoms with Gasteiger partial charge in [0.05, 0.1) is 16.1 Å². The lowest BCUT2D eigenvalue weighted by molar-refractivity contribution is 0.0984. The van der Waals surface area contributed by atoms with Crippen molar-refractivity contribution in [2.24, 2.45) is 0 Å². The lowest BCUT2D eigenvalue weighted by atomic mass is 10.1. The van der Waals surface area contributed by atoms with Gasteiger partial charge in [0.25, 0.3) is 0 Å². The van der Waals surface area contributed by atoms with Gasteiger partial charge in [0, 0.05) is 23.4 Å². The third-order valence-corrected chi connectivity index (χ3v) is 3.38. The molecule has 2 aromatic heterocycles. The number of hydrogen-bond donors (Lipinski definition) is 0. The first kappa shape index (κ1) is 12.1. The van der Waals surface area contributed by atoms with Crippen molar-refractivity contribution in [2.45, 2.75) is 13.3 Å². The number of rotatable bonds is 2. The molecular weight excluding hydrogens is 260 g/mol. The Balaban J connectivity index is 2.41. The normalized spacial score (nSPS) is 11.1. The van der Waals surface area contributed by atoms with Crippen LogP contribution in [0.3, 0.4) is 0 Å². The standard InChI is InChI=1S/C15H11ClN2O/c1-2-12(19)15-11(16)8-10-6-5-9-4-3-7-17-13(9)14(10)18-15/h3-8H,2H2,1H3. The molecule has 0 saturated heterocycles. The molecule has 0 spiro atoms. The molecule has 3 nitrogen and oxygen atoms in total. The van der Waals surface area contributed by atoms with Crippen LogP contribution in [0.15, 0.2) is 36.5 Å². The number of Topliss-reactive ketones (excluding diaryl/α,β-unsaturated/α-hetero) is 1. The van der Waals surface area contributed by atoms with E-state index in [4.69, 9.17) is 11.6 Å². The number of halogens is 1. The smallest absolute Gasteiger partial charge is 0.182 e. The quantitative estimate of drug-likeness (QED) is 0.522. The molecule has 3 aromatic rings. The Morgan fingerprint density at radius 3 is 2.79 bits per heavy atom. The maximum Gasteiger partial charge on any atom is 0.182 e. The van der Waals surface area contributed by atoms with E-state index in [1.54, 1.807) is 19.2 Å². The van der Waals surface area contributed by atoms with Crippen LogP contribution in [0.2, 0.25) is 5.02 Å². The Kier molecular flexibility index (Phi) is 2.91. The van der Waals surface area contributed by atoms with Crippen LogP contribution in [-0.2, 0) is 0 Å². The first-order valence-corrected chi connectivity index (χ1v) is 6.45. The molecule has 0 aliphatic heterocycles. The molecule has 0 N–H and O–H groups in total. The lowest BCUT2D eigenvalue weighted by Gasteiger charge is -2.06. The molecule has 3 rings (SSSR count). The molecule has 0 saturated carbocycles. The zero-order valence-corrected chi connectivity index (χ0v) is 11.1. The topological polar surface area (TPSA) is 42.9 Å². The van der Waals surface area contributed by atoms with E-state index in [-0.39, 0.29) is 5.78 Å². The molecule has 0 aliphatic rings. The molecule has 0 radical (unpaired) electrons.